The maximum absolute atomic E-state index is 12.8. The number of aromatic nitrogens is 3. The molecule has 0 fully saturated rings. The Morgan fingerprint density at radius 3 is 2.70 bits per heavy atom. The minimum absolute atomic E-state index is 0.135. The number of nitrogens with one attached hydrogen (secondary N) is 1. The van der Waals surface area contributed by atoms with Crippen LogP contribution in [0.2, 0.25) is 0 Å². The molecule has 0 unspecified atom stereocenters. The van der Waals surface area contributed by atoms with Gasteiger partial charge >= 0.3 is 0 Å². The van der Waals surface area contributed by atoms with Crippen LogP contribution in [0.4, 0.5) is 5.69 Å². The van der Waals surface area contributed by atoms with E-state index in [0.29, 0.717) is 46.7 Å². The van der Waals surface area contributed by atoms with Crippen molar-refractivity contribution >= 4 is 17.8 Å². The summed E-state index contributed by atoms with van der Waals surface area (Å²) < 4.78 is 15.8. The van der Waals surface area contributed by atoms with E-state index in [0.717, 1.165) is 11.8 Å². The van der Waals surface area contributed by atoms with Crippen LogP contribution in [-0.2, 0) is 6.54 Å². The second kappa shape index (κ2) is 8.16. The summed E-state index contributed by atoms with van der Waals surface area (Å²) in [6.07, 6.45) is 4.37. The van der Waals surface area contributed by atoms with Gasteiger partial charge in [-0.2, -0.15) is 0 Å². The van der Waals surface area contributed by atoms with E-state index >= 15 is 0 Å². The standard InChI is InChI=1S/C21H19N5O4/c1-28-18-9-13(10-24-20(18)29-2)16-5-4-15-17(25-16)12-26(21(15)27)14-3-6-19(23-11-14)30-8-7-22/h3-7,9-11,22H,8,12H2,1-2H3. The highest BCUT2D eigenvalue weighted by Crippen LogP contribution is 2.32. The summed E-state index contributed by atoms with van der Waals surface area (Å²) in [5, 5.41) is 7.00. The molecule has 1 N–H and O–H groups in total. The van der Waals surface area contributed by atoms with Crippen molar-refractivity contribution in [3.63, 3.8) is 0 Å². The maximum atomic E-state index is 12.8. The highest BCUT2D eigenvalue weighted by atomic mass is 16.5. The van der Waals surface area contributed by atoms with Crippen LogP contribution in [0, 0.1) is 5.41 Å². The van der Waals surface area contributed by atoms with Gasteiger partial charge < -0.3 is 24.5 Å². The van der Waals surface area contributed by atoms with Crippen LogP contribution in [0.25, 0.3) is 11.3 Å². The summed E-state index contributed by atoms with van der Waals surface area (Å²) in [6, 6.07) is 8.78. The minimum atomic E-state index is -0.135. The Labute approximate surface area is 172 Å². The van der Waals surface area contributed by atoms with Crippen LogP contribution >= 0.6 is 0 Å². The molecule has 9 nitrogen and oxygen atoms in total. The Bertz CT molecular complexity index is 1100. The van der Waals surface area contributed by atoms with Gasteiger partial charge in [0.1, 0.15) is 6.61 Å². The Morgan fingerprint density at radius 1 is 1.13 bits per heavy atom. The van der Waals surface area contributed by atoms with Gasteiger partial charge in [-0.15, -0.1) is 0 Å². The van der Waals surface area contributed by atoms with E-state index < -0.39 is 0 Å². The number of rotatable bonds is 7. The van der Waals surface area contributed by atoms with Gasteiger partial charge in [0.25, 0.3) is 11.8 Å². The molecule has 0 radical (unpaired) electrons. The van der Waals surface area contributed by atoms with Crippen molar-refractivity contribution in [2.45, 2.75) is 6.54 Å². The number of hydrogen-bond donors (Lipinski definition) is 1. The number of fused-ring (bicyclic) bond motifs is 1. The topological polar surface area (TPSA) is 111 Å². The zero-order chi connectivity index (χ0) is 21.1. The molecular weight excluding hydrogens is 386 g/mol. The third-order valence-electron chi connectivity index (χ3n) is 4.63. The van der Waals surface area contributed by atoms with E-state index in [1.807, 2.05) is 0 Å². The van der Waals surface area contributed by atoms with Gasteiger partial charge in [0.05, 0.1) is 49.6 Å². The number of ether oxygens (including phenoxy) is 3. The molecule has 4 rings (SSSR count). The summed E-state index contributed by atoms with van der Waals surface area (Å²) in [5.41, 5.74) is 3.32. The highest BCUT2D eigenvalue weighted by molar-refractivity contribution is 6.09. The summed E-state index contributed by atoms with van der Waals surface area (Å²) in [4.78, 5) is 27.5. The lowest BCUT2D eigenvalue weighted by atomic mass is 10.1. The Kier molecular flexibility index (Phi) is 5.25. The molecule has 0 aromatic carbocycles. The molecule has 0 bridgehead atoms. The molecule has 1 aliphatic rings. The molecule has 3 aromatic heterocycles. The zero-order valence-electron chi connectivity index (χ0n) is 16.5. The number of amides is 1. The summed E-state index contributed by atoms with van der Waals surface area (Å²) in [6.45, 7) is 0.489. The molecule has 0 spiro atoms. The third-order valence-corrected chi connectivity index (χ3v) is 4.63. The molecule has 0 saturated carbocycles. The largest absolute Gasteiger partial charge is 0.491 e. The van der Waals surface area contributed by atoms with Crippen LogP contribution in [0.5, 0.6) is 17.5 Å². The van der Waals surface area contributed by atoms with Gasteiger partial charge in [0.2, 0.25) is 5.88 Å². The molecule has 0 saturated heterocycles. The van der Waals surface area contributed by atoms with Gasteiger partial charge in [0.15, 0.2) is 5.75 Å². The molecule has 0 aliphatic carbocycles. The van der Waals surface area contributed by atoms with Crippen molar-refractivity contribution in [3.05, 3.63) is 54.0 Å². The molecule has 152 valence electrons. The van der Waals surface area contributed by atoms with E-state index in [2.05, 4.69) is 15.0 Å². The van der Waals surface area contributed by atoms with E-state index in [1.54, 1.807) is 54.7 Å². The van der Waals surface area contributed by atoms with Gasteiger partial charge in [-0.3, -0.25) is 9.78 Å². The van der Waals surface area contributed by atoms with E-state index in [9.17, 15) is 4.79 Å². The number of methoxy groups -OCH3 is 2. The molecule has 9 heteroatoms. The number of pyridine rings is 3. The quantitative estimate of drug-likeness (QED) is 0.602. The van der Waals surface area contributed by atoms with Crippen LogP contribution in [0.15, 0.2) is 42.7 Å². The third kappa shape index (κ3) is 3.52. The zero-order valence-corrected chi connectivity index (χ0v) is 16.5. The molecule has 3 aromatic rings. The summed E-state index contributed by atoms with van der Waals surface area (Å²) >= 11 is 0. The van der Waals surface area contributed by atoms with Crippen molar-refractivity contribution < 1.29 is 19.0 Å². The SMILES string of the molecule is COc1cc(-c2ccc3c(n2)CN(c2ccc(OCC=N)nc2)C3=O)cnc1OC. The van der Waals surface area contributed by atoms with Gasteiger partial charge in [0, 0.05) is 24.0 Å². The van der Waals surface area contributed by atoms with Gasteiger partial charge in [-0.25, -0.2) is 9.97 Å². The number of carbonyl (C=O) groups is 1. The number of carbonyl (C=O) groups excluding carboxylic acids is 1. The second-order valence-electron chi connectivity index (χ2n) is 6.39. The van der Waals surface area contributed by atoms with Crippen LogP contribution in [0.3, 0.4) is 0 Å². The first kappa shape index (κ1) is 19.3. The van der Waals surface area contributed by atoms with E-state index in [-0.39, 0.29) is 12.5 Å². The van der Waals surface area contributed by atoms with Crippen molar-refractivity contribution in [1.29, 1.82) is 5.41 Å². The fraction of sp³-hybridized carbons (Fsp3) is 0.190. The Hall–Kier alpha value is -4.01. The van der Waals surface area contributed by atoms with Crippen molar-refractivity contribution in [3.8, 4) is 28.8 Å². The molecule has 1 aliphatic heterocycles. The lowest BCUT2D eigenvalue weighted by Gasteiger charge is -2.15. The lowest BCUT2D eigenvalue weighted by molar-refractivity contribution is 0.0996. The fourth-order valence-electron chi connectivity index (χ4n) is 3.17. The molecule has 1 amide bonds. The number of nitrogens with zero attached hydrogens (tertiary/aromatic N) is 4. The summed E-state index contributed by atoms with van der Waals surface area (Å²) in [5.74, 6) is 1.16. The first-order chi connectivity index (χ1) is 14.6. The fourth-order valence-corrected chi connectivity index (χ4v) is 3.17. The van der Waals surface area contributed by atoms with Gasteiger partial charge in [-0.05, 0) is 24.3 Å². The smallest absolute Gasteiger partial charge is 0.260 e. The Morgan fingerprint density at radius 2 is 2.00 bits per heavy atom. The van der Waals surface area contributed by atoms with Crippen LogP contribution in [0.1, 0.15) is 16.1 Å². The highest BCUT2D eigenvalue weighted by Gasteiger charge is 2.30. The molecule has 0 atom stereocenters. The van der Waals surface area contributed by atoms with Crippen LogP contribution < -0.4 is 19.1 Å². The monoisotopic (exact) mass is 405 g/mol. The minimum Gasteiger partial charge on any atom is -0.491 e. The maximum Gasteiger partial charge on any atom is 0.260 e. The number of hydrogen-bond acceptors (Lipinski definition) is 8. The van der Waals surface area contributed by atoms with Crippen molar-refractivity contribution in [1.82, 2.24) is 15.0 Å². The van der Waals surface area contributed by atoms with Crippen molar-refractivity contribution in [2.75, 3.05) is 25.7 Å². The average Bonchev–Trinajstić information content (AvgIpc) is 3.13. The van der Waals surface area contributed by atoms with E-state index in [1.165, 1.54) is 7.11 Å². The predicted octanol–water partition coefficient (Wildman–Crippen LogP) is 2.74. The van der Waals surface area contributed by atoms with Crippen molar-refractivity contribution in [2.24, 2.45) is 0 Å². The molecule has 30 heavy (non-hydrogen) atoms. The normalized spacial score (nSPS) is 12.5. The van der Waals surface area contributed by atoms with Crippen LogP contribution in [-0.4, -0.2) is 47.9 Å². The predicted molar refractivity (Wildman–Crippen MR) is 110 cm³/mol. The molecular formula is C21H19N5O4. The lowest BCUT2D eigenvalue weighted by Crippen LogP contribution is -2.23. The first-order valence-corrected chi connectivity index (χ1v) is 9.12. The second-order valence-corrected chi connectivity index (χ2v) is 6.39. The van der Waals surface area contributed by atoms with Gasteiger partial charge in [-0.1, -0.05) is 0 Å². The average molecular weight is 405 g/mol. The number of anilines is 1. The molecule has 4 heterocycles. The first-order valence-electron chi connectivity index (χ1n) is 9.12. The summed E-state index contributed by atoms with van der Waals surface area (Å²) in [7, 11) is 3.07. The van der Waals surface area contributed by atoms with E-state index in [4.69, 9.17) is 19.6 Å². The Balaban J connectivity index is 1.59.